The Morgan fingerprint density at radius 3 is 0.925 bits per heavy atom. The van der Waals surface area contributed by atoms with Crippen LogP contribution >= 0.6 is 0 Å². The Morgan fingerprint density at radius 2 is 0.623 bits per heavy atom. The zero-order valence-electron chi connectivity index (χ0n) is 36.1. The molecule has 1 atom stereocenters. The Balaban J connectivity index is 4.34. The van der Waals surface area contributed by atoms with E-state index in [0.29, 0.717) is 19.3 Å². The van der Waals surface area contributed by atoms with Gasteiger partial charge in [-0.15, -0.1) is 0 Å². The number of carbonyl (C=O) groups is 3. The standard InChI is InChI=1S/C47H90O6/c1-6-7-8-9-10-11-12-13-16-22-27-32-37-45(48)51-40-44(53-47(50)39-34-29-24-19-18-21-26-31-36-43(4)5)41-52-46(49)38-33-28-23-17-14-15-20-25-30-35-42(2)3/h42-44H,6-41H2,1-5H3/t44-/m0/s1. The third-order valence-corrected chi connectivity index (χ3v) is 10.5. The maximum atomic E-state index is 12.7. The van der Waals surface area contributed by atoms with Crippen LogP contribution in [0.4, 0.5) is 0 Å². The van der Waals surface area contributed by atoms with E-state index in [0.717, 1.165) is 69.6 Å². The SMILES string of the molecule is CCCCCCCCCCCCCCC(=O)OC[C@@H](COC(=O)CCCCCCCCCCCC(C)C)OC(=O)CCCCCCCCCCC(C)C. The van der Waals surface area contributed by atoms with E-state index in [2.05, 4.69) is 34.6 Å². The van der Waals surface area contributed by atoms with Crippen LogP contribution < -0.4 is 0 Å². The molecule has 0 fully saturated rings. The highest BCUT2D eigenvalue weighted by Gasteiger charge is 2.19. The van der Waals surface area contributed by atoms with Gasteiger partial charge in [-0.1, -0.05) is 214 Å². The van der Waals surface area contributed by atoms with Gasteiger partial charge in [0.15, 0.2) is 6.10 Å². The van der Waals surface area contributed by atoms with E-state index in [1.807, 2.05) is 0 Å². The second kappa shape index (κ2) is 40.1. The summed E-state index contributed by atoms with van der Waals surface area (Å²) in [6.45, 7) is 11.3. The van der Waals surface area contributed by atoms with Gasteiger partial charge >= 0.3 is 17.9 Å². The third-order valence-electron chi connectivity index (χ3n) is 10.5. The van der Waals surface area contributed by atoms with Crippen LogP contribution in [0.2, 0.25) is 0 Å². The molecule has 0 heterocycles. The minimum atomic E-state index is -0.760. The fourth-order valence-corrected chi connectivity index (χ4v) is 6.93. The van der Waals surface area contributed by atoms with Crippen LogP contribution in [-0.2, 0) is 28.6 Å². The fraction of sp³-hybridized carbons (Fsp3) is 0.936. The van der Waals surface area contributed by atoms with Gasteiger partial charge in [0.2, 0.25) is 0 Å². The van der Waals surface area contributed by atoms with Crippen LogP contribution in [-0.4, -0.2) is 37.2 Å². The van der Waals surface area contributed by atoms with E-state index in [4.69, 9.17) is 14.2 Å². The average molecular weight is 751 g/mol. The number of esters is 3. The molecular formula is C47H90O6. The third kappa shape index (κ3) is 41.4. The van der Waals surface area contributed by atoms with Crippen molar-refractivity contribution in [3.63, 3.8) is 0 Å². The van der Waals surface area contributed by atoms with Gasteiger partial charge in [0, 0.05) is 19.3 Å². The minimum absolute atomic E-state index is 0.0651. The lowest BCUT2D eigenvalue weighted by Crippen LogP contribution is -2.30. The largest absolute Gasteiger partial charge is 0.462 e. The molecule has 0 aromatic heterocycles. The lowest BCUT2D eigenvalue weighted by molar-refractivity contribution is -0.167. The Labute approximate surface area is 329 Å². The van der Waals surface area contributed by atoms with Crippen LogP contribution in [0.1, 0.15) is 253 Å². The number of hydrogen-bond acceptors (Lipinski definition) is 6. The van der Waals surface area contributed by atoms with E-state index in [1.54, 1.807) is 0 Å². The van der Waals surface area contributed by atoms with E-state index < -0.39 is 6.10 Å². The van der Waals surface area contributed by atoms with Crippen molar-refractivity contribution in [3.05, 3.63) is 0 Å². The molecule has 0 N–H and O–H groups in total. The zero-order valence-corrected chi connectivity index (χ0v) is 36.1. The Hall–Kier alpha value is -1.59. The van der Waals surface area contributed by atoms with Crippen molar-refractivity contribution in [1.29, 1.82) is 0 Å². The molecule has 6 heteroatoms. The molecule has 314 valence electrons. The Bertz CT molecular complexity index is 809. The summed E-state index contributed by atoms with van der Waals surface area (Å²) in [4.78, 5) is 37.7. The molecule has 0 spiro atoms. The molecule has 0 radical (unpaired) electrons. The van der Waals surface area contributed by atoms with Crippen molar-refractivity contribution in [3.8, 4) is 0 Å². The first-order valence-electron chi connectivity index (χ1n) is 23.2. The van der Waals surface area contributed by atoms with Crippen LogP contribution in [0.3, 0.4) is 0 Å². The minimum Gasteiger partial charge on any atom is -0.462 e. The maximum Gasteiger partial charge on any atom is 0.306 e. The Morgan fingerprint density at radius 1 is 0.358 bits per heavy atom. The summed E-state index contributed by atoms with van der Waals surface area (Å²) in [5.74, 6) is 0.743. The second-order valence-electron chi connectivity index (χ2n) is 17.0. The summed E-state index contributed by atoms with van der Waals surface area (Å²) in [7, 11) is 0. The van der Waals surface area contributed by atoms with E-state index >= 15 is 0 Å². The first kappa shape index (κ1) is 51.4. The smallest absolute Gasteiger partial charge is 0.306 e. The molecule has 0 aliphatic carbocycles. The van der Waals surface area contributed by atoms with Crippen LogP contribution in [0.25, 0.3) is 0 Å². The highest BCUT2D eigenvalue weighted by molar-refractivity contribution is 5.71. The van der Waals surface area contributed by atoms with Gasteiger partial charge in [-0.3, -0.25) is 14.4 Å². The van der Waals surface area contributed by atoms with Crippen molar-refractivity contribution >= 4 is 17.9 Å². The fourth-order valence-electron chi connectivity index (χ4n) is 6.93. The van der Waals surface area contributed by atoms with Crippen molar-refractivity contribution in [2.45, 2.75) is 259 Å². The van der Waals surface area contributed by atoms with Gasteiger partial charge in [-0.25, -0.2) is 0 Å². The summed E-state index contributed by atoms with van der Waals surface area (Å²) in [6, 6.07) is 0. The van der Waals surface area contributed by atoms with Crippen molar-refractivity contribution in [2.24, 2.45) is 11.8 Å². The molecule has 0 saturated heterocycles. The van der Waals surface area contributed by atoms with E-state index in [-0.39, 0.29) is 31.1 Å². The molecule has 0 amide bonds. The summed E-state index contributed by atoms with van der Waals surface area (Å²) >= 11 is 0. The highest BCUT2D eigenvalue weighted by atomic mass is 16.6. The maximum absolute atomic E-state index is 12.7. The number of ether oxygens (including phenoxy) is 3. The molecule has 0 aliphatic heterocycles. The lowest BCUT2D eigenvalue weighted by atomic mass is 10.0. The average Bonchev–Trinajstić information content (AvgIpc) is 3.12. The molecule has 0 saturated carbocycles. The lowest BCUT2D eigenvalue weighted by Gasteiger charge is -2.18. The summed E-state index contributed by atoms with van der Waals surface area (Å²) in [5.41, 5.74) is 0. The van der Waals surface area contributed by atoms with Gasteiger partial charge in [0.25, 0.3) is 0 Å². The first-order valence-corrected chi connectivity index (χ1v) is 23.2. The van der Waals surface area contributed by atoms with Crippen LogP contribution in [0.15, 0.2) is 0 Å². The first-order chi connectivity index (χ1) is 25.7. The van der Waals surface area contributed by atoms with Gasteiger partial charge in [0.05, 0.1) is 0 Å². The molecule has 6 nitrogen and oxygen atoms in total. The van der Waals surface area contributed by atoms with E-state index in [1.165, 1.54) is 141 Å². The van der Waals surface area contributed by atoms with Crippen molar-refractivity contribution < 1.29 is 28.6 Å². The summed E-state index contributed by atoms with van der Waals surface area (Å²) in [5, 5.41) is 0. The van der Waals surface area contributed by atoms with Crippen LogP contribution in [0.5, 0.6) is 0 Å². The molecule has 0 bridgehead atoms. The Kier molecular flexibility index (Phi) is 38.9. The molecule has 0 unspecified atom stereocenters. The molecule has 0 rings (SSSR count). The van der Waals surface area contributed by atoms with Gasteiger partial charge < -0.3 is 14.2 Å². The molecule has 0 aliphatic rings. The number of carbonyl (C=O) groups excluding carboxylic acids is 3. The van der Waals surface area contributed by atoms with Gasteiger partial charge in [-0.2, -0.15) is 0 Å². The number of hydrogen-bond donors (Lipinski definition) is 0. The molecular weight excluding hydrogens is 661 g/mol. The van der Waals surface area contributed by atoms with Crippen molar-refractivity contribution in [2.75, 3.05) is 13.2 Å². The zero-order chi connectivity index (χ0) is 39.0. The number of rotatable bonds is 41. The van der Waals surface area contributed by atoms with Gasteiger partial charge in [0.1, 0.15) is 13.2 Å². The predicted molar refractivity (Wildman–Crippen MR) is 224 cm³/mol. The molecule has 0 aromatic carbocycles. The summed E-state index contributed by atoms with van der Waals surface area (Å²) in [6.07, 6.45) is 38.0. The second-order valence-corrected chi connectivity index (χ2v) is 17.0. The normalized spacial score (nSPS) is 12.1. The quantitative estimate of drug-likeness (QED) is 0.0352. The monoisotopic (exact) mass is 751 g/mol. The highest BCUT2D eigenvalue weighted by Crippen LogP contribution is 2.16. The molecule has 0 aromatic rings. The predicted octanol–water partition coefficient (Wildman–Crippen LogP) is 14.6. The summed E-state index contributed by atoms with van der Waals surface area (Å²) < 4.78 is 16.7. The number of unbranched alkanes of at least 4 members (excludes halogenated alkanes) is 26. The topological polar surface area (TPSA) is 78.9 Å². The molecule has 53 heavy (non-hydrogen) atoms. The van der Waals surface area contributed by atoms with Crippen molar-refractivity contribution in [1.82, 2.24) is 0 Å². The van der Waals surface area contributed by atoms with Gasteiger partial charge in [-0.05, 0) is 31.1 Å². The van der Waals surface area contributed by atoms with Crippen LogP contribution in [0, 0.1) is 11.8 Å². The van der Waals surface area contributed by atoms with E-state index in [9.17, 15) is 14.4 Å².